The van der Waals surface area contributed by atoms with Crippen molar-refractivity contribution in [3.8, 4) is 11.3 Å². The number of Topliss-reactive ketones (excluding diaryl/α,β-unsaturated/α-hetero) is 1. The third-order valence-corrected chi connectivity index (χ3v) is 2.91. The Hall–Kier alpha value is -2.42. The van der Waals surface area contributed by atoms with Crippen molar-refractivity contribution < 1.29 is 4.79 Å². The molecule has 0 N–H and O–H groups in total. The summed E-state index contributed by atoms with van der Waals surface area (Å²) < 4.78 is 1.84. The average molecular weight is 296 g/mol. The van der Waals surface area contributed by atoms with Crippen molar-refractivity contribution in [3.05, 3.63) is 60.4 Å². The first-order chi connectivity index (χ1) is 10.8. The zero-order valence-electron chi connectivity index (χ0n) is 14.0. The van der Waals surface area contributed by atoms with Crippen LogP contribution in [0, 0.1) is 0 Å². The summed E-state index contributed by atoms with van der Waals surface area (Å²) in [6, 6.07) is 15.5. The third-order valence-electron chi connectivity index (χ3n) is 2.91. The number of pyridine rings is 1. The highest BCUT2D eigenvalue weighted by Gasteiger charge is 2.16. The zero-order valence-corrected chi connectivity index (χ0v) is 14.0. The van der Waals surface area contributed by atoms with Gasteiger partial charge in [0.25, 0.3) is 0 Å². The fraction of sp³-hybridized carbons (Fsp3) is 0.263. The Kier molecular flexibility index (Phi) is 7.03. The molecule has 0 aliphatic carbocycles. The molecule has 116 valence electrons. The predicted octanol–water partition coefficient (Wildman–Crippen LogP) is 5.26. The molecule has 0 aliphatic rings. The highest BCUT2D eigenvalue weighted by Crippen LogP contribution is 2.24. The van der Waals surface area contributed by atoms with E-state index in [1.165, 1.54) is 0 Å². The number of benzene rings is 1. The Bertz CT molecular complexity index is 715. The van der Waals surface area contributed by atoms with Gasteiger partial charge in [0.15, 0.2) is 5.78 Å². The summed E-state index contributed by atoms with van der Waals surface area (Å²) in [5.74, 6) is 0.0209. The lowest BCUT2D eigenvalue weighted by Crippen LogP contribution is -2.00. The monoisotopic (exact) mass is 296 g/mol. The summed E-state index contributed by atoms with van der Waals surface area (Å²) >= 11 is 0. The Morgan fingerprint density at radius 1 is 0.909 bits per heavy atom. The van der Waals surface area contributed by atoms with Crippen LogP contribution in [0.1, 0.15) is 45.1 Å². The molecule has 0 saturated carbocycles. The Balaban J connectivity index is 0.000000561. The summed E-state index contributed by atoms with van der Waals surface area (Å²) in [7, 11) is 0. The van der Waals surface area contributed by atoms with Gasteiger partial charge in [0, 0.05) is 18.7 Å². The summed E-state index contributed by atoms with van der Waals surface area (Å²) in [5.41, 5.74) is 3.14. The van der Waals surface area contributed by atoms with Crippen LogP contribution < -0.4 is 0 Å². The SMILES string of the molecule is CC.CC.CC(=O)c1c(-c2ccccc2)nc2ccccn12. The van der Waals surface area contributed by atoms with E-state index in [-0.39, 0.29) is 5.78 Å². The second-order valence-corrected chi connectivity index (χ2v) is 4.16. The van der Waals surface area contributed by atoms with E-state index in [1.807, 2.05) is 86.8 Å². The van der Waals surface area contributed by atoms with Crippen molar-refractivity contribution in [1.29, 1.82) is 0 Å². The molecular weight excluding hydrogens is 272 g/mol. The van der Waals surface area contributed by atoms with Crippen LogP contribution in [0.5, 0.6) is 0 Å². The number of hydrogen-bond donors (Lipinski definition) is 0. The maximum Gasteiger partial charge on any atom is 0.178 e. The molecule has 3 heteroatoms. The number of carbonyl (C=O) groups is 1. The van der Waals surface area contributed by atoms with Gasteiger partial charge in [-0.3, -0.25) is 9.20 Å². The average Bonchev–Trinajstić information content (AvgIpc) is 2.99. The number of nitrogens with zero attached hydrogens (tertiary/aromatic N) is 2. The van der Waals surface area contributed by atoms with Gasteiger partial charge in [-0.25, -0.2) is 4.98 Å². The molecule has 0 atom stereocenters. The normalized spacial score (nSPS) is 9.32. The standard InChI is InChI=1S/C15H12N2O.2C2H6/c1-11(18)15-14(12-7-3-2-4-8-12)16-13-9-5-6-10-17(13)15;2*1-2/h2-10H,1H3;2*1-2H3. The third kappa shape index (κ3) is 3.61. The lowest BCUT2D eigenvalue weighted by Gasteiger charge is -2.00. The van der Waals surface area contributed by atoms with Crippen LogP contribution in [0.3, 0.4) is 0 Å². The van der Waals surface area contributed by atoms with Crippen molar-refractivity contribution in [2.75, 3.05) is 0 Å². The molecule has 3 nitrogen and oxygen atoms in total. The van der Waals surface area contributed by atoms with Gasteiger partial charge in [0.05, 0.1) is 0 Å². The Morgan fingerprint density at radius 3 is 2.09 bits per heavy atom. The maximum atomic E-state index is 11.9. The van der Waals surface area contributed by atoms with Crippen LogP contribution in [-0.4, -0.2) is 15.2 Å². The van der Waals surface area contributed by atoms with Gasteiger partial charge < -0.3 is 0 Å². The molecule has 0 amide bonds. The molecule has 3 rings (SSSR count). The largest absolute Gasteiger partial charge is 0.297 e. The minimum absolute atomic E-state index is 0.0209. The van der Waals surface area contributed by atoms with Gasteiger partial charge in [-0.05, 0) is 12.1 Å². The zero-order chi connectivity index (χ0) is 16.5. The minimum atomic E-state index is 0.0209. The van der Waals surface area contributed by atoms with Crippen LogP contribution in [0.25, 0.3) is 16.9 Å². The highest BCUT2D eigenvalue weighted by atomic mass is 16.1. The van der Waals surface area contributed by atoms with E-state index < -0.39 is 0 Å². The summed E-state index contributed by atoms with van der Waals surface area (Å²) in [6.07, 6.45) is 1.87. The number of carbonyl (C=O) groups excluding carboxylic acids is 1. The number of ketones is 1. The van der Waals surface area contributed by atoms with Crippen molar-refractivity contribution in [2.24, 2.45) is 0 Å². The minimum Gasteiger partial charge on any atom is -0.297 e. The smallest absolute Gasteiger partial charge is 0.178 e. The molecule has 0 radical (unpaired) electrons. The van der Waals surface area contributed by atoms with E-state index in [9.17, 15) is 4.79 Å². The maximum absolute atomic E-state index is 11.9. The second kappa shape index (κ2) is 8.78. The van der Waals surface area contributed by atoms with E-state index >= 15 is 0 Å². The molecule has 0 aliphatic heterocycles. The van der Waals surface area contributed by atoms with Crippen molar-refractivity contribution in [1.82, 2.24) is 9.38 Å². The van der Waals surface area contributed by atoms with Gasteiger partial charge >= 0.3 is 0 Å². The fourth-order valence-corrected chi connectivity index (χ4v) is 2.13. The number of aromatic nitrogens is 2. The molecule has 0 fully saturated rings. The molecule has 0 spiro atoms. The molecule has 2 heterocycles. The van der Waals surface area contributed by atoms with E-state index in [0.29, 0.717) is 5.69 Å². The van der Waals surface area contributed by atoms with E-state index in [0.717, 1.165) is 16.9 Å². The number of hydrogen-bond acceptors (Lipinski definition) is 2. The van der Waals surface area contributed by atoms with Crippen molar-refractivity contribution >= 4 is 11.4 Å². The first-order valence-corrected chi connectivity index (χ1v) is 7.81. The first-order valence-electron chi connectivity index (χ1n) is 7.81. The molecule has 2 aromatic heterocycles. The van der Waals surface area contributed by atoms with Crippen LogP contribution in [0.4, 0.5) is 0 Å². The number of fused-ring (bicyclic) bond motifs is 1. The van der Waals surface area contributed by atoms with Gasteiger partial charge in [0.2, 0.25) is 0 Å². The predicted molar refractivity (Wildman–Crippen MR) is 93.3 cm³/mol. The Labute approximate surface area is 132 Å². The summed E-state index contributed by atoms with van der Waals surface area (Å²) in [6.45, 7) is 9.57. The van der Waals surface area contributed by atoms with Crippen LogP contribution in [0.2, 0.25) is 0 Å². The molecule has 22 heavy (non-hydrogen) atoms. The lowest BCUT2D eigenvalue weighted by atomic mass is 10.1. The van der Waals surface area contributed by atoms with Gasteiger partial charge in [-0.15, -0.1) is 0 Å². The summed E-state index contributed by atoms with van der Waals surface area (Å²) in [4.78, 5) is 16.4. The van der Waals surface area contributed by atoms with E-state index in [2.05, 4.69) is 4.98 Å². The fourth-order valence-electron chi connectivity index (χ4n) is 2.13. The van der Waals surface area contributed by atoms with Crippen LogP contribution >= 0.6 is 0 Å². The van der Waals surface area contributed by atoms with Crippen molar-refractivity contribution in [3.63, 3.8) is 0 Å². The molecule has 3 aromatic rings. The highest BCUT2D eigenvalue weighted by molar-refractivity contribution is 5.99. The van der Waals surface area contributed by atoms with E-state index in [1.54, 1.807) is 6.92 Å². The van der Waals surface area contributed by atoms with Gasteiger partial charge in [-0.2, -0.15) is 0 Å². The van der Waals surface area contributed by atoms with E-state index in [4.69, 9.17) is 0 Å². The first kappa shape index (κ1) is 17.6. The Morgan fingerprint density at radius 2 is 1.50 bits per heavy atom. The van der Waals surface area contributed by atoms with Crippen molar-refractivity contribution in [2.45, 2.75) is 34.6 Å². The lowest BCUT2D eigenvalue weighted by molar-refractivity contribution is 0.101. The molecular formula is C19H24N2O. The summed E-state index contributed by atoms with van der Waals surface area (Å²) in [5, 5.41) is 0. The van der Waals surface area contributed by atoms with Crippen LogP contribution in [-0.2, 0) is 0 Å². The molecule has 0 unspecified atom stereocenters. The number of rotatable bonds is 2. The molecule has 0 bridgehead atoms. The number of imidazole rings is 1. The van der Waals surface area contributed by atoms with Gasteiger partial charge in [0.1, 0.15) is 17.0 Å². The van der Waals surface area contributed by atoms with Crippen LogP contribution in [0.15, 0.2) is 54.7 Å². The topological polar surface area (TPSA) is 34.4 Å². The van der Waals surface area contributed by atoms with Gasteiger partial charge in [-0.1, -0.05) is 64.1 Å². The second-order valence-electron chi connectivity index (χ2n) is 4.16. The molecule has 0 saturated heterocycles. The molecule has 1 aromatic carbocycles. The quantitative estimate of drug-likeness (QED) is 0.605.